The summed E-state index contributed by atoms with van der Waals surface area (Å²) in [7, 11) is 0. The Morgan fingerprint density at radius 2 is 1.68 bits per heavy atom. The molecule has 0 aromatic heterocycles. The van der Waals surface area contributed by atoms with Crippen LogP contribution in [0.5, 0.6) is 0 Å². The zero-order valence-corrected chi connectivity index (χ0v) is 13.2. The minimum Gasteiger partial charge on any atom is -0.353 e. The number of benzene rings is 1. The number of nitrogens with one attached hydrogen (secondary N) is 1. The zero-order valence-electron chi connectivity index (χ0n) is 12.3. The molecule has 0 spiro atoms. The Hall–Kier alpha value is -0.960. The standard InChI is InChI=1S/C16H25NOS/c1-12(2)16(13(3)4)17-15(18)10-11-19-14-8-6-5-7-9-14/h5-9,12-13,16H,10-11H2,1-4H3,(H,17,18). The van der Waals surface area contributed by atoms with E-state index in [2.05, 4.69) is 45.1 Å². The maximum Gasteiger partial charge on any atom is 0.221 e. The van der Waals surface area contributed by atoms with Crippen molar-refractivity contribution in [2.75, 3.05) is 5.75 Å². The highest BCUT2D eigenvalue weighted by molar-refractivity contribution is 7.99. The molecule has 1 aromatic rings. The molecule has 1 N–H and O–H groups in total. The fourth-order valence-corrected chi connectivity index (χ4v) is 3.01. The van der Waals surface area contributed by atoms with Gasteiger partial charge in [-0.15, -0.1) is 11.8 Å². The molecule has 0 unspecified atom stereocenters. The van der Waals surface area contributed by atoms with E-state index in [1.165, 1.54) is 4.90 Å². The van der Waals surface area contributed by atoms with Crippen LogP contribution in [0.4, 0.5) is 0 Å². The molecule has 0 aliphatic carbocycles. The van der Waals surface area contributed by atoms with E-state index >= 15 is 0 Å². The summed E-state index contributed by atoms with van der Waals surface area (Å²) in [6.07, 6.45) is 0.579. The summed E-state index contributed by atoms with van der Waals surface area (Å²) in [5, 5.41) is 3.15. The van der Waals surface area contributed by atoms with Gasteiger partial charge in [0.25, 0.3) is 0 Å². The Bertz CT molecular complexity index is 368. The summed E-state index contributed by atoms with van der Waals surface area (Å²) in [5.41, 5.74) is 0. The monoisotopic (exact) mass is 279 g/mol. The van der Waals surface area contributed by atoms with Gasteiger partial charge in [-0.2, -0.15) is 0 Å². The van der Waals surface area contributed by atoms with E-state index in [1.807, 2.05) is 18.2 Å². The Labute approximate surface area is 121 Å². The van der Waals surface area contributed by atoms with Crippen molar-refractivity contribution in [2.45, 2.75) is 45.1 Å². The van der Waals surface area contributed by atoms with E-state index in [0.717, 1.165) is 5.75 Å². The van der Waals surface area contributed by atoms with Crippen molar-refractivity contribution in [1.82, 2.24) is 5.32 Å². The van der Waals surface area contributed by atoms with Gasteiger partial charge in [-0.05, 0) is 24.0 Å². The van der Waals surface area contributed by atoms with Crippen LogP contribution >= 0.6 is 11.8 Å². The maximum atomic E-state index is 11.9. The van der Waals surface area contributed by atoms with Gasteiger partial charge < -0.3 is 5.32 Å². The second-order valence-corrected chi connectivity index (χ2v) is 6.66. The molecule has 0 aliphatic rings. The first-order valence-electron chi connectivity index (χ1n) is 6.98. The lowest BCUT2D eigenvalue weighted by Crippen LogP contribution is -2.42. The van der Waals surface area contributed by atoms with Gasteiger partial charge in [0.2, 0.25) is 5.91 Å². The Morgan fingerprint density at radius 1 is 1.11 bits per heavy atom. The summed E-state index contributed by atoms with van der Waals surface area (Å²) in [6.45, 7) is 8.63. The average Bonchev–Trinajstić information content (AvgIpc) is 2.36. The predicted octanol–water partition coefficient (Wildman–Crippen LogP) is 3.97. The number of thioether (sulfide) groups is 1. The Balaban J connectivity index is 2.31. The number of carbonyl (C=O) groups excluding carboxylic acids is 1. The van der Waals surface area contributed by atoms with E-state index in [4.69, 9.17) is 0 Å². The van der Waals surface area contributed by atoms with Crippen LogP contribution in [0.2, 0.25) is 0 Å². The van der Waals surface area contributed by atoms with E-state index in [1.54, 1.807) is 11.8 Å². The smallest absolute Gasteiger partial charge is 0.221 e. The molecule has 1 rings (SSSR count). The highest BCUT2D eigenvalue weighted by Gasteiger charge is 2.19. The topological polar surface area (TPSA) is 29.1 Å². The number of amides is 1. The molecule has 0 aliphatic heterocycles. The summed E-state index contributed by atoms with van der Waals surface area (Å²) in [4.78, 5) is 13.1. The van der Waals surface area contributed by atoms with Crippen molar-refractivity contribution >= 4 is 17.7 Å². The largest absolute Gasteiger partial charge is 0.353 e. The van der Waals surface area contributed by atoms with E-state index in [-0.39, 0.29) is 11.9 Å². The van der Waals surface area contributed by atoms with Gasteiger partial charge in [0.05, 0.1) is 0 Å². The molecule has 2 nitrogen and oxygen atoms in total. The highest BCUT2D eigenvalue weighted by Crippen LogP contribution is 2.18. The molecule has 0 atom stereocenters. The first kappa shape index (κ1) is 16.1. The molecule has 0 saturated carbocycles. The first-order valence-corrected chi connectivity index (χ1v) is 7.96. The van der Waals surface area contributed by atoms with Crippen LogP contribution < -0.4 is 5.32 Å². The maximum absolute atomic E-state index is 11.9. The third kappa shape index (κ3) is 6.15. The quantitative estimate of drug-likeness (QED) is 0.765. The van der Waals surface area contributed by atoms with Crippen molar-refractivity contribution in [2.24, 2.45) is 11.8 Å². The lowest BCUT2D eigenvalue weighted by atomic mass is 9.93. The molecule has 1 amide bonds. The predicted molar refractivity (Wildman–Crippen MR) is 83.4 cm³/mol. The first-order chi connectivity index (χ1) is 9.00. The fourth-order valence-electron chi connectivity index (χ4n) is 2.14. The van der Waals surface area contributed by atoms with Crippen LogP contribution in [0.1, 0.15) is 34.1 Å². The van der Waals surface area contributed by atoms with Crippen LogP contribution in [0.25, 0.3) is 0 Å². The van der Waals surface area contributed by atoms with Gasteiger partial charge in [0.1, 0.15) is 0 Å². The van der Waals surface area contributed by atoms with Crippen LogP contribution in [-0.2, 0) is 4.79 Å². The van der Waals surface area contributed by atoms with Crippen molar-refractivity contribution in [3.05, 3.63) is 30.3 Å². The Kier molecular flexibility index (Phi) is 7.00. The third-order valence-corrected chi connectivity index (χ3v) is 4.12. The van der Waals surface area contributed by atoms with Crippen molar-refractivity contribution in [1.29, 1.82) is 0 Å². The number of hydrogen-bond acceptors (Lipinski definition) is 2. The average molecular weight is 279 g/mol. The van der Waals surface area contributed by atoms with Crippen molar-refractivity contribution in [3.8, 4) is 0 Å². The third-order valence-electron chi connectivity index (χ3n) is 3.11. The number of rotatable bonds is 7. The summed E-state index contributed by atoms with van der Waals surface area (Å²) >= 11 is 1.73. The van der Waals surface area contributed by atoms with Gasteiger partial charge >= 0.3 is 0 Å². The van der Waals surface area contributed by atoms with Gasteiger partial charge in [-0.1, -0.05) is 45.9 Å². The van der Waals surface area contributed by atoms with Crippen molar-refractivity contribution < 1.29 is 4.79 Å². The molecule has 0 saturated heterocycles. The molecule has 0 bridgehead atoms. The SMILES string of the molecule is CC(C)C(NC(=O)CCSc1ccccc1)C(C)C. The molecular formula is C16H25NOS. The van der Waals surface area contributed by atoms with Gasteiger partial charge in [-0.25, -0.2) is 0 Å². The van der Waals surface area contributed by atoms with Crippen LogP contribution in [0, 0.1) is 11.8 Å². The number of hydrogen-bond donors (Lipinski definition) is 1. The fraction of sp³-hybridized carbons (Fsp3) is 0.562. The second-order valence-electron chi connectivity index (χ2n) is 5.49. The molecule has 106 valence electrons. The molecule has 19 heavy (non-hydrogen) atoms. The highest BCUT2D eigenvalue weighted by atomic mass is 32.2. The normalized spacial score (nSPS) is 11.3. The Morgan fingerprint density at radius 3 is 2.21 bits per heavy atom. The van der Waals surface area contributed by atoms with Crippen LogP contribution in [0.3, 0.4) is 0 Å². The summed E-state index contributed by atoms with van der Waals surface area (Å²) < 4.78 is 0. The lowest BCUT2D eigenvalue weighted by Gasteiger charge is -2.26. The second kappa shape index (κ2) is 8.26. The molecule has 3 heteroatoms. The lowest BCUT2D eigenvalue weighted by molar-refractivity contribution is -0.122. The molecule has 0 fully saturated rings. The molecular weight excluding hydrogens is 254 g/mol. The number of carbonyl (C=O) groups is 1. The molecule has 1 aromatic carbocycles. The molecule has 0 heterocycles. The van der Waals surface area contributed by atoms with E-state index in [0.29, 0.717) is 18.3 Å². The van der Waals surface area contributed by atoms with Gasteiger partial charge in [-0.3, -0.25) is 4.79 Å². The summed E-state index contributed by atoms with van der Waals surface area (Å²) in [6, 6.07) is 10.5. The minimum atomic E-state index is 0.163. The van der Waals surface area contributed by atoms with Gasteiger partial charge in [0, 0.05) is 23.1 Å². The minimum absolute atomic E-state index is 0.163. The van der Waals surface area contributed by atoms with E-state index in [9.17, 15) is 4.79 Å². The molecule has 0 radical (unpaired) electrons. The summed E-state index contributed by atoms with van der Waals surface area (Å²) in [5.74, 6) is 1.95. The van der Waals surface area contributed by atoms with Crippen LogP contribution in [-0.4, -0.2) is 17.7 Å². The zero-order chi connectivity index (χ0) is 14.3. The van der Waals surface area contributed by atoms with E-state index < -0.39 is 0 Å². The van der Waals surface area contributed by atoms with Gasteiger partial charge in [0.15, 0.2) is 0 Å². The van der Waals surface area contributed by atoms with Crippen molar-refractivity contribution in [3.63, 3.8) is 0 Å². The van der Waals surface area contributed by atoms with Crippen LogP contribution in [0.15, 0.2) is 35.2 Å².